The molecule has 0 rings (SSSR count). The van der Waals surface area contributed by atoms with Gasteiger partial charge in [-0.25, -0.2) is 0 Å². The van der Waals surface area contributed by atoms with Crippen molar-refractivity contribution >= 4 is 0 Å². The van der Waals surface area contributed by atoms with Gasteiger partial charge in [-0.3, -0.25) is 0 Å². The zero-order valence-electron chi connectivity index (χ0n) is 5.97. The van der Waals surface area contributed by atoms with Crippen molar-refractivity contribution in [2.75, 3.05) is 0 Å². The Morgan fingerprint density at radius 1 is 0.929 bits per heavy atom. The summed E-state index contributed by atoms with van der Waals surface area (Å²) in [5.74, 6) is -18.7. The fraction of sp³-hybridized carbons (Fsp3) is 0.600. The Kier molecular flexibility index (Phi) is 3.00. The summed E-state index contributed by atoms with van der Waals surface area (Å²) in [6, 6.07) is -0.467. The SMILES string of the molecule is N#CC(F)(F)C(F)(F)C(F)(F)[C](F)F. The second kappa shape index (κ2) is 3.25. The van der Waals surface area contributed by atoms with Gasteiger partial charge in [-0.1, -0.05) is 0 Å². The lowest BCUT2D eigenvalue weighted by Crippen LogP contribution is -2.54. The maximum Gasteiger partial charge on any atom is 0.400 e. The number of halogens is 8. The number of nitriles is 1. The van der Waals surface area contributed by atoms with Crippen molar-refractivity contribution in [3.63, 3.8) is 0 Å². The molecule has 1 nitrogen and oxygen atoms in total. The molecular weight excluding hydrogens is 226 g/mol. The lowest BCUT2D eigenvalue weighted by molar-refractivity contribution is -0.299. The van der Waals surface area contributed by atoms with Crippen molar-refractivity contribution in [1.82, 2.24) is 0 Å². The molecule has 0 aromatic carbocycles. The molecule has 0 atom stereocenters. The third-order valence-corrected chi connectivity index (χ3v) is 1.17. The maximum absolute atomic E-state index is 12.0. The molecule has 0 aliphatic carbocycles. The standard InChI is InChI=1S/C5F8N/c6-2(7)4(10,11)5(12,13)3(8,9)1-14. The highest BCUT2D eigenvalue weighted by Gasteiger charge is 2.76. The second-order valence-electron chi connectivity index (χ2n) is 2.10. The summed E-state index contributed by atoms with van der Waals surface area (Å²) in [7, 11) is 0. The van der Waals surface area contributed by atoms with Crippen molar-refractivity contribution in [2.45, 2.75) is 17.8 Å². The Labute approximate surface area is 71.9 Å². The van der Waals surface area contributed by atoms with Crippen LogP contribution in [-0.4, -0.2) is 17.8 Å². The summed E-state index contributed by atoms with van der Waals surface area (Å²) in [6.45, 7) is 0. The van der Waals surface area contributed by atoms with Crippen LogP contribution >= 0.6 is 0 Å². The second-order valence-corrected chi connectivity index (χ2v) is 2.10. The average Bonchev–Trinajstić information content (AvgIpc) is 2.03. The number of nitrogens with zero attached hydrogens (tertiary/aromatic N) is 1. The van der Waals surface area contributed by atoms with E-state index < -0.39 is 30.3 Å². The molecule has 0 aliphatic heterocycles. The van der Waals surface area contributed by atoms with Crippen LogP contribution in [-0.2, 0) is 0 Å². The summed E-state index contributed by atoms with van der Waals surface area (Å²) in [5.41, 5.74) is 0. The van der Waals surface area contributed by atoms with Crippen LogP contribution in [0.15, 0.2) is 0 Å². The molecule has 14 heavy (non-hydrogen) atoms. The molecular formula is C5F8N. The van der Waals surface area contributed by atoms with Gasteiger partial charge in [0, 0.05) is 0 Å². The molecule has 0 heterocycles. The van der Waals surface area contributed by atoms with Crippen LogP contribution < -0.4 is 0 Å². The Hall–Kier alpha value is -1.07. The summed E-state index contributed by atoms with van der Waals surface area (Å²) in [5, 5.41) is 7.41. The molecule has 0 N–H and O–H groups in total. The van der Waals surface area contributed by atoms with E-state index in [1.54, 1.807) is 0 Å². The minimum Gasteiger partial charge on any atom is -0.192 e. The van der Waals surface area contributed by atoms with Gasteiger partial charge in [-0.15, -0.1) is 0 Å². The van der Waals surface area contributed by atoms with Crippen LogP contribution in [0.5, 0.6) is 0 Å². The van der Waals surface area contributed by atoms with Gasteiger partial charge in [-0.05, 0) is 0 Å². The van der Waals surface area contributed by atoms with E-state index in [2.05, 4.69) is 0 Å². The smallest absolute Gasteiger partial charge is 0.192 e. The van der Waals surface area contributed by atoms with E-state index in [1.807, 2.05) is 0 Å². The molecule has 0 saturated heterocycles. The largest absolute Gasteiger partial charge is 0.400 e. The molecule has 0 bridgehead atoms. The van der Waals surface area contributed by atoms with Crippen molar-refractivity contribution in [3.05, 3.63) is 6.43 Å². The maximum atomic E-state index is 12.0. The predicted octanol–water partition coefficient (Wildman–Crippen LogP) is 2.84. The zero-order chi connectivity index (χ0) is 11.8. The fourth-order valence-electron chi connectivity index (χ4n) is 0.386. The molecule has 9 heteroatoms. The summed E-state index contributed by atoms with van der Waals surface area (Å²) in [4.78, 5) is 0. The number of hydrogen-bond acceptors (Lipinski definition) is 1. The first-order valence-corrected chi connectivity index (χ1v) is 2.74. The number of hydrogen-bond donors (Lipinski definition) is 0. The molecule has 81 valence electrons. The lowest BCUT2D eigenvalue weighted by Gasteiger charge is -2.27. The summed E-state index contributed by atoms with van der Waals surface area (Å²) >= 11 is 0. The van der Waals surface area contributed by atoms with E-state index in [9.17, 15) is 35.1 Å². The molecule has 0 spiro atoms. The van der Waals surface area contributed by atoms with E-state index in [1.165, 1.54) is 0 Å². The van der Waals surface area contributed by atoms with Crippen LogP contribution in [0.4, 0.5) is 35.1 Å². The van der Waals surface area contributed by atoms with Crippen LogP contribution in [0.3, 0.4) is 0 Å². The van der Waals surface area contributed by atoms with Gasteiger partial charge >= 0.3 is 24.2 Å². The van der Waals surface area contributed by atoms with E-state index in [-0.39, 0.29) is 0 Å². The highest BCUT2D eigenvalue weighted by atomic mass is 19.4. The Bertz CT molecular complexity index is 251. The Balaban J connectivity index is 5.27. The third kappa shape index (κ3) is 1.60. The first-order chi connectivity index (χ1) is 6.00. The Morgan fingerprint density at radius 3 is 1.50 bits per heavy atom. The van der Waals surface area contributed by atoms with Gasteiger partial charge in [0.25, 0.3) is 0 Å². The van der Waals surface area contributed by atoms with E-state index in [0.29, 0.717) is 0 Å². The Morgan fingerprint density at radius 2 is 1.29 bits per heavy atom. The minimum atomic E-state index is -6.45. The van der Waals surface area contributed by atoms with Gasteiger partial charge in [0.2, 0.25) is 0 Å². The molecule has 0 aromatic heterocycles. The van der Waals surface area contributed by atoms with Crippen LogP contribution in [0.25, 0.3) is 0 Å². The van der Waals surface area contributed by atoms with Gasteiger partial charge in [0.1, 0.15) is 6.07 Å². The molecule has 0 saturated carbocycles. The van der Waals surface area contributed by atoms with E-state index >= 15 is 0 Å². The molecule has 0 amide bonds. The van der Waals surface area contributed by atoms with Crippen LogP contribution in [0, 0.1) is 17.8 Å². The van der Waals surface area contributed by atoms with Gasteiger partial charge in [-0.2, -0.15) is 40.4 Å². The first kappa shape index (κ1) is 12.9. The van der Waals surface area contributed by atoms with Crippen molar-refractivity contribution in [3.8, 4) is 6.07 Å². The topological polar surface area (TPSA) is 23.8 Å². The quantitative estimate of drug-likeness (QED) is 0.678. The summed E-state index contributed by atoms with van der Waals surface area (Å²) in [6.07, 6.45) is -4.18. The van der Waals surface area contributed by atoms with E-state index in [0.717, 1.165) is 0 Å². The van der Waals surface area contributed by atoms with Crippen molar-refractivity contribution in [1.29, 1.82) is 5.26 Å². The van der Waals surface area contributed by atoms with Crippen LogP contribution in [0.2, 0.25) is 0 Å². The van der Waals surface area contributed by atoms with Crippen LogP contribution in [0.1, 0.15) is 0 Å². The highest BCUT2D eigenvalue weighted by molar-refractivity contribution is 5.12. The van der Waals surface area contributed by atoms with E-state index in [4.69, 9.17) is 5.26 Å². The lowest BCUT2D eigenvalue weighted by atomic mass is 10.1. The number of alkyl halides is 6. The summed E-state index contributed by atoms with van der Waals surface area (Å²) < 4.78 is 93.8. The third-order valence-electron chi connectivity index (χ3n) is 1.17. The van der Waals surface area contributed by atoms with Gasteiger partial charge in [0.05, 0.1) is 0 Å². The molecule has 1 radical (unpaired) electrons. The fourth-order valence-corrected chi connectivity index (χ4v) is 0.386. The predicted molar refractivity (Wildman–Crippen MR) is 25.9 cm³/mol. The van der Waals surface area contributed by atoms with Crippen molar-refractivity contribution in [2.24, 2.45) is 0 Å². The zero-order valence-corrected chi connectivity index (χ0v) is 5.97. The molecule has 0 aliphatic rings. The monoisotopic (exact) mass is 226 g/mol. The van der Waals surface area contributed by atoms with Crippen molar-refractivity contribution < 1.29 is 35.1 Å². The number of rotatable bonds is 3. The highest BCUT2D eigenvalue weighted by Crippen LogP contribution is 2.50. The average molecular weight is 226 g/mol. The molecule has 0 unspecified atom stereocenters. The van der Waals surface area contributed by atoms with Gasteiger partial charge in [0.15, 0.2) is 0 Å². The minimum absolute atomic E-state index is 0.467. The first-order valence-electron chi connectivity index (χ1n) is 2.74. The van der Waals surface area contributed by atoms with Gasteiger partial charge < -0.3 is 0 Å². The molecule has 0 aromatic rings. The normalized spacial score (nSPS) is 14.3. The molecule has 0 fully saturated rings.